The van der Waals surface area contributed by atoms with Crippen molar-refractivity contribution >= 4 is 11.9 Å². The molecule has 4 heteroatoms. The normalized spacial score (nSPS) is 27.5. The minimum absolute atomic E-state index is 0.0249. The molecule has 0 aromatic heterocycles. The largest absolute Gasteiger partial charge is 0.481 e. The van der Waals surface area contributed by atoms with E-state index in [1.165, 1.54) is 16.7 Å². The predicted molar refractivity (Wildman–Crippen MR) is 106 cm³/mol. The summed E-state index contributed by atoms with van der Waals surface area (Å²) >= 11 is 0. The van der Waals surface area contributed by atoms with Crippen LogP contribution in [0.3, 0.4) is 0 Å². The fourth-order valence-electron chi connectivity index (χ4n) is 5.26. The van der Waals surface area contributed by atoms with Gasteiger partial charge < -0.3 is 10.4 Å². The Labute approximate surface area is 162 Å². The highest BCUT2D eigenvalue weighted by Gasteiger charge is 2.57. The Balaban J connectivity index is 1.76. The summed E-state index contributed by atoms with van der Waals surface area (Å²) in [7, 11) is 0. The van der Waals surface area contributed by atoms with Crippen molar-refractivity contribution in [3.05, 3.63) is 46.5 Å². The van der Waals surface area contributed by atoms with Crippen LogP contribution in [0.15, 0.2) is 35.4 Å². The number of carbonyl (C=O) groups is 2. The molecule has 2 aliphatic carbocycles. The van der Waals surface area contributed by atoms with Gasteiger partial charge in [0.05, 0.1) is 17.9 Å². The van der Waals surface area contributed by atoms with Gasteiger partial charge in [0.2, 0.25) is 5.91 Å². The van der Waals surface area contributed by atoms with Crippen molar-refractivity contribution in [1.82, 2.24) is 5.32 Å². The van der Waals surface area contributed by atoms with E-state index in [4.69, 9.17) is 0 Å². The number of rotatable bonds is 6. The van der Waals surface area contributed by atoms with Gasteiger partial charge in [0.1, 0.15) is 0 Å². The number of benzene rings is 1. The second-order valence-electron chi connectivity index (χ2n) is 8.36. The Morgan fingerprint density at radius 3 is 2.22 bits per heavy atom. The highest BCUT2D eigenvalue weighted by Crippen LogP contribution is 2.57. The molecule has 0 aliphatic heterocycles. The topological polar surface area (TPSA) is 66.4 Å². The second-order valence-corrected chi connectivity index (χ2v) is 8.36. The molecule has 4 nitrogen and oxygen atoms in total. The lowest BCUT2D eigenvalue weighted by Crippen LogP contribution is -2.42. The molecule has 1 amide bonds. The van der Waals surface area contributed by atoms with Gasteiger partial charge in [-0.25, -0.2) is 0 Å². The Kier molecular flexibility index (Phi) is 5.73. The van der Waals surface area contributed by atoms with Crippen molar-refractivity contribution in [2.45, 2.75) is 59.4 Å². The Bertz CT molecular complexity index is 745. The number of nitrogens with one attached hydrogen (secondary N) is 1. The number of fused-ring (bicyclic) bond motifs is 2. The number of aliphatic carboxylic acids is 1. The third kappa shape index (κ3) is 3.67. The van der Waals surface area contributed by atoms with E-state index in [-0.39, 0.29) is 23.8 Å². The number of amides is 1. The molecule has 1 aromatic rings. The molecule has 1 aromatic carbocycles. The zero-order valence-electron chi connectivity index (χ0n) is 16.8. The summed E-state index contributed by atoms with van der Waals surface area (Å²) in [5, 5.41) is 12.9. The number of aryl methyl sites for hydroxylation is 1. The average Bonchev–Trinajstić information content (AvgIpc) is 3.18. The molecule has 0 heterocycles. The molecule has 2 N–H and O–H groups in total. The minimum atomic E-state index is -0.835. The van der Waals surface area contributed by atoms with Crippen LogP contribution in [0.1, 0.15) is 64.1 Å². The number of carboxylic acids is 1. The molecule has 0 unspecified atom stereocenters. The van der Waals surface area contributed by atoms with Crippen molar-refractivity contribution in [2.75, 3.05) is 0 Å². The molecule has 3 rings (SSSR count). The lowest BCUT2D eigenvalue weighted by Gasteiger charge is -2.28. The summed E-state index contributed by atoms with van der Waals surface area (Å²) in [4.78, 5) is 25.0. The predicted octanol–water partition coefficient (Wildman–Crippen LogP) is 4.51. The van der Waals surface area contributed by atoms with Gasteiger partial charge in [-0.3, -0.25) is 9.59 Å². The van der Waals surface area contributed by atoms with Crippen molar-refractivity contribution in [1.29, 1.82) is 0 Å². The van der Waals surface area contributed by atoms with Gasteiger partial charge >= 0.3 is 5.97 Å². The van der Waals surface area contributed by atoms with Gasteiger partial charge in [-0.2, -0.15) is 0 Å². The van der Waals surface area contributed by atoms with E-state index < -0.39 is 17.8 Å². The van der Waals surface area contributed by atoms with Crippen molar-refractivity contribution in [2.24, 2.45) is 23.7 Å². The number of carbonyl (C=O) groups excluding carboxylic acids is 1. The minimum Gasteiger partial charge on any atom is -0.481 e. The van der Waals surface area contributed by atoms with Gasteiger partial charge in [0.15, 0.2) is 0 Å². The number of hydrogen-bond acceptors (Lipinski definition) is 2. The lowest BCUT2D eigenvalue weighted by atomic mass is 9.78. The molecule has 5 atom stereocenters. The third-order valence-corrected chi connectivity index (χ3v) is 6.38. The Morgan fingerprint density at radius 2 is 1.70 bits per heavy atom. The molecule has 2 aliphatic rings. The van der Waals surface area contributed by atoms with Crippen LogP contribution in [-0.2, 0) is 16.0 Å². The number of allylic oxidation sites excluding steroid dienone is 2. The van der Waals surface area contributed by atoms with Crippen LogP contribution in [0.5, 0.6) is 0 Å². The van der Waals surface area contributed by atoms with E-state index in [1.54, 1.807) is 0 Å². The first-order valence-corrected chi connectivity index (χ1v) is 10.1. The maximum atomic E-state index is 13.1. The van der Waals surface area contributed by atoms with Crippen molar-refractivity contribution < 1.29 is 14.7 Å². The van der Waals surface area contributed by atoms with Crippen LogP contribution in [-0.4, -0.2) is 17.0 Å². The Hall–Kier alpha value is -2.10. The van der Waals surface area contributed by atoms with Crippen molar-refractivity contribution in [3.8, 4) is 0 Å². The molecular weight excluding hydrogens is 338 g/mol. The van der Waals surface area contributed by atoms with Crippen LogP contribution in [0.4, 0.5) is 0 Å². The first kappa shape index (κ1) is 19.7. The molecule has 2 bridgehead atoms. The fourth-order valence-corrected chi connectivity index (χ4v) is 5.26. The monoisotopic (exact) mass is 369 g/mol. The number of carboxylic acid groups (broad SMARTS) is 1. The van der Waals surface area contributed by atoms with E-state index in [0.717, 1.165) is 31.2 Å². The van der Waals surface area contributed by atoms with Crippen LogP contribution in [0.25, 0.3) is 0 Å². The first-order chi connectivity index (χ1) is 12.8. The van der Waals surface area contributed by atoms with E-state index in [2.05, 4.69) is 36.5 Å². The van der Waals surface area contributed by atoms with E-state index in [1.807, 2.05) is 20.8 Å². The molecular formula is C23H31NO3. The summed E-state index contributed by atoms with van der Waals surface area (Å²) in [5.74, 6) is -1.88. The van der Waals surface area contributed by atoms with Crippen LogP contribution in [0, 0.1) is 23.7 Å². The zero-order valence-corrected chi connectivity index (χ0v) is 16.8. The number of hydrogen-bond donors (Lipinski definition) is 2. The molecule has 27 heavy (non-hydrogen) atoms. The summed E-state index contributed by atoms with van der Waals surface area (Å²) in [6, 6.07) is 8.22. The van der Waals surface area contributed by atoms with E-state index in [0.29, 0.717) is 0 Å². The van der Waals surface area contributed by atoms with Gasteiger partial charge in [0, 0.05) is 0 Å². The van der Waals surface area contributed by atoms with Gasteiger partial charge in [-0.15, -0.1) is 0 Å². The zero-order chi connectivity index (χ0) is 19.7. The molecule has 0 radical (unpaired) electrons. The van der Waals surface area contributed by atoms with Crippen LogP contribution in [0.2, 0.25) is 0 Å². The fraction of sp³-hybridized carbons (Fsp3) is 0.565. The summed E-state index contributed by atoms with van der Waals surface area (Å²) in [5.41, 5.74) is 4.76. The maximum absolute atomic E-state index is 13.1. The standard InChI is InChI=1S/C23H31NO3/c1-5-6-15-7-9-16(10-8-15)14(4)24-22(25)20-17-11-12-18(19(17)13(2)3)21(20)23(26)27/h7-10,14,17-18,20-21H,5-6,11-12H2,1-4H3,(H,24,25)(H,26,27)/t14-,17-,18+,20+,21+/m1/s1. The molecule has 0 spiro atoms. The quantitative estimate of drug-likeness (QED) is 0.725. The molecule has 2 saturated carbocycles. The highest BCUT2D eigenvalue weighted by molar-refractivity contribution is 5.87. The first-order valence-electron chi connectivity index (χ1n) is 10.1. The van der Waals surface area contributed by atoms with Crippen LogP contribution >= 0.6 is 0 Å². The highest BCUT2D eigenvalue weighted by atomic mass is 16.4. The van der Waals surface area contributed by atoms with Gasteiger partial charge in [-0.05, 0) is 63.0 Å². The van der Waals surface area contributed by atoms with E-state index in [9.17, 15) is 14.7 Å². The lowest BCUT2D eigenvalue weighted by molar-refractivity contribution is -0.149. The van der Waals surface area contributed by atoms with Gasteiger partial charge in [-0.1, -0.05) is 48.8 Å². The summed E-state index contributed by atoms with van der Waals surface area (Å²) in [6.45, 7) is 8.21. The average molecular weight is 370 g/mol. The van der Waals surface area contributed by atoms with Gasteiger partial charge in [0.25, 0.3) is 0 Å². The molecule has 2 fully saturated rings. The van der Waals surface area contributed by atoms with Crippen molar-refractivity contribution in [3.63, 3.8) is 0 Å². The molecule has 0 saturated heterocycles. The van der Waals surface area contributed by atoms with E-state index >= 15 is 0 Å². The van der Waals surface area contributed by atoms with Crippen LogP contribution < -0.4 is 5.32 Å². The summed E-state index contributed by atoms with van der Waals surface area (Å²) in [6.07, 6.45) is 3.98. The SMILES string of the molecule is CCCc1ccc([C@@H](C)NC(=O)[C@@H]2[C@@H](C(=O)O)[C@H]3CC[C@@H]2C3=C(C)C)cc1. The molecule has 146 valence electrons. The summed E-state index contributed by atoms with van der Waals surface area (Å²) < 4.78 is 0. The second kappa shape index (κ2) is 7.87. The Morgan fingerprint density at radius 1 is 1.11 bits per heavy atom. The third-order valence-electron chi connectivity index (χ3n) is 6.38. The maximum Gasteiger partial charge on any atom is 0.307 e. The smallest absolute Gasteiger partial charge is 0.307 e.